The molecular formula is C18H13AsNO4. The molecule has 5 nitrogen and oxygen atoms in total. The second-order valence-corrected chi connectivity index (χ2v) is 7.32. The van der Waals surface area contributed by atoms with Crippen molar-refractivity contribution in [2.75, 3.05) is 0 Å². The van der Waals surface area contributed by atoms with Crippen LogP contribution in [0.25, 0.3) is 22.0 Å². The SMILES string of the molecule is O=C(O)C[As]C(=O)c1cc2ccccc2c(-c2ccc(O)cc2)n1. The van der Waals surface area contributed by atoms with E-state index < -0.39 is 21.7 Å². The van der Waals surface area contributed by atoms with Gasteiger partial charge in [0.25, 0.3) is 0 Å². The summed E-state index contributed by atoms with van der Waals surface area (Å²) in [6.07, 6.45) is 0. The van der Waals surface area contributed by atoms with E-state index in [0.29, 0.717) is 5.69 Å². The van der Waals surface area contributed by atoms with E-state index in [2.05, 4.69) is 4.98 Å². The molecule has 0 saturated heterocycles. The van der Waals surface area contributed by atoms with Gasteiger partial charge in [-0.3, -0.25) is 0 Å². The number of carbonyl (C=O) groups excluding carboxylic acids is 1. The van der Waals surface area contributed by atoms with Crippen molar-refractivity contribution in [1.82, 2.24) is 4.98 Å². The van der Waals surface area contributed by atoms with Crippen molar-refractivity contribution >= 4 is 37.1 Å². The Morgan fingerprint density at radius 2 is 1.75 bits per heavy atom. The maximum absolute atomic E-state index is 12.3. The second-order valence-electron chi connectivity index (χ2n) is 5.14. The first kappa shape index (κ1) is 16.2. The number of aliphatic carboxylic acids is 1. The third kappa shape index (κ3) is 3.47. The third-order valence-electron chi connectivity index (χ3n) is 3.46. The molecule has 0 atom stereocenters. The third-order valence-corrected chi connectivity index (χ3v) is 5.44. The normalized spacial score (nSPS) is 11.2. The van der Waals surface area contributed by atoms with Gasteiger partial charge in [0.15, 0.2) is 0 Å². The van der Waals surface area contributed by atoms with Gasteiger partial charge in [-0.2, -0.15) is 0 Å². The number of aromatic nitrogens is 1. The van der Waals surface area contributed by atoms with E-state index in [1.807, 2.05) is 24.3 Å². The molecule has 1 heterocycles. The quantitative estimate of drug-likeness (QED) is 0.663. The molecule has 119 valence electrons. The first-order chi connectivity index (χ1) is 11.5. The number of carbonyl (C=O) groups is 2. The number of hydrogen-bond donors (Lipinski definition) is 2. The molecule has 0 aliphatic carbocycles. The van der Waals surface area contributed by atoms with Crippen molar-refractivity contribution in [3.63, 3.8) is 0 Å². The van der Waals surface area contributed by atoms with Crippen molar-refractivity contribution in [1.29, 1.82) is 0 Å². The van der Waals surface area contributed by atoms with Crippen LogP contribution < -0.4 is 0 Å². The van der Waals surface area contributed by atoms with Gasteiger partial charge in [0, 0.05) is 0 Å². The van der Waals surface area contributed by atoms with Crippen LogP contribution in [0.15, 0.2) is 54.6 Å². The van der Waals surface area contributed by atoms with Gasteiger partial charge in [0.2, 0.25) is 0 Å². The van der Waals surface area contributed by atoms with Gasteiger partial charge >= 0.3 is 144 Å². The number of carboxylic acids is 1. The zero-order chi connectivity index (χ0) is 17.1. The summed E-state index contributed by atoms with van der Waals surface area (Å²) in [5.41, 5.74) is 1.72. The molecular weight excluding hydrogens is 369 g/mol. The summed E-state index contributed by atoms with van der Waals surface area (Å²) in [5.74, 6) is -0.815. The average Bonchev–Trinajstić information content (AvgIpc) is 2.59. The molecule has 0 aliphatic rings. The van der Waals surface area contributed by atoms with Gasteiger partial charge in [0.05, 0.1) is 0 Å². The predicted octanol–water partition coefficient (Wildman–Crippen LogP) is 2.95. The molecule has 24 heavy (non-hydrogen) atoms. The Kier molecular flexibility index (Phi) is 4.63. The molecule has 6 heteroatoms. The Morgan fingerprint density at radius 1 is 1.04 bits per heavy atom. The predicted molar refractivity (Wildman–Crippen MR) is 91.4 cm³/mol. The van der Waals surface area contributed by atoms with Gasteiger partial charge < -0.3 is 0 Å². The van der Waals surface area contributed by atoms with E-state index in [1.165, 1.54) is 0 Å². The Morgan fingerprint density at radius 3 is 2.46 bits per heavy atom. The fraction of sp³-hybridized carbons (Fsp3) is 0.0556. The number of rotatable bonds is 5. The number of carboxylic acid groups (broad SMARTS) is 1. The van der Waals surface area contributed by atoms with E-state index in [0.717, 1.165) is 16.3 Å². The van der Waals surface area contributed by atoms with Crippen molar-refractivity contribution in [3.05, 3.63) is 60.3 Å². The fourth-order valence-corrected chi connectivity index (χ4v) is 3.53. The van der Waals surface area contributed by atoms with E-state index in [4.69, 9.17) is 5.11 Å². The molecule has 1 aromatic heterocycles. The zero-order valence-corrected chi connectivity index (χ0v) is 14.4. The molecule has 2 N–H and O–H groups in total. The monoisotopic (exact) mass is 382 g/mol. The number of fused-ring (bicyclic) bond motifs is 1. The molecule has 0 saturated carbocycles. The van der Waals surface area contributed by atoms with Crippen molar-refractivity contribution < 1.29 is 19.8 Å². The number of nitrogens with zero attached hydrogens (tertiary/aromatic N) is 1. The fourth-order valence-electron chi connectivity index (χ4n) is 2.37. The van der Waals surface area contributed by atoms with Gasteiger partial charge in [-0.1, -0.05) is 0 Å². The van der Waals surface area contributed by atoms with Crippen LogP contribution in [0.2, 0.25) is 5.21 Å². The Labute approximate surface area is 144 Å². The molecule has 2 aromatic carbocycles. The molecule has 0 amide bonds. The Hall–Kier alpha value is -2.65. The van der Waals surface area contributed by atoms with Crippen LogP contribution in [0.4, 0.5) is 0 Å². The molecule has 0 spiro atoms. The van der Waals surface area contributed by atoms with Crippen molar-refractivity contribution in [2.45, 2.75) is 5.21 Å². The molecule has 0 unspecified atom stereocenters. The maximum atomic E-state index is 12.3. The summed E-state index contributed by atoms with van der Waals surface area (Å²) in [6, 6.07) is 15.9. The van der Waals surface area contributed by atoms with E-state index in [-0.39, 0.29) is 21.2 Å². The van der Waals surface area contributed by atoms with Crippen LogP contribution in [0.5, 0.6) is 5.75 Å². The summed E-state index contributed by atoms with van der Waals surface area (Å²) in [5, 5.41) is 19.9. The summed E-state index contributed by atoms with van der Waals surface area (Å²) >= 11 is -0.987. The number of benzene rings is 2. The number of phenolic OH excluding ortho intramolecular Hbond substituents is 1. The number of pyridine rings is 1. The van der Waals surface area contributed by atoms with Crippen LogP contribution in [0.1, 0.15) is 10.5 Å². The minimum atomic E-state index is -0.987. The Balaban J connectivity index is 2.11. The molecule has 0 aliphatic heterocycles. The minimum absolute atomic E-state index is 0.127. The summed E-state index contributed by atoms with van der Waals surface area (Å²) in [4.78, 5) is 27.5. The zero-order valence-electron chi connectivity index (χ0n) is 12.5. The molecule has 3 aromatic rings. The van der Waals surface area contributed by atoms with Crippen LogP contribution in [-0.4, -0.2) is 41.5 Å². The first-order valence-corrected chi connectivity index (χ1v) is 9.44. The van der Waals surface area contributed by atoms with Gasteiger partial charge in [-0.05, 0) is 0 Å². The average molecular weight is 382 g/mol. The van der Waals surface area contributed by atoms with E-state index in [1.54, 1.807) is 30.3 Å². The van der Waals surface area contributed by atoms with Crippen molar-refractivity contribution in [2.24, 2.45) is 0 Å². The first-order valence-electron chi connectivity index (χ1n) is 7.17. The van der Waals surface area contributed by atoms with Gasteiger partial charge in [0.1, 0.15) is 0 Å². The van der Waals surface area contributed by atoms with Crippen molar-refractivity contribution in [3.8, 4) is 17.0 Å². The number of phenols is 1. The number of aromatic hydroxyl groups is 1. The van der Waals surface area contributed by atoms with Crippen LogP contribution in [-0.2, 0) is 4.79 Å². The van der Waals surface area contributed by atoms with Crippen LogP contribution in [0, 0.1) is 0 Å². The molecule has 3 rings (SSSR count). The topological polar surface area (TPSA) is 87.5 Å². The van der Waals surface area contributed by atoms with E-state index >= 15 is 0 Å². The molecule has 0 fully saturated rings. The van der Waals surface area contributed by atoms with Gasteiger partial charge in [-0.15, -0.1) is 0 Å². The standard InChI is InChI=1S/C18H13AsNO4/c21-13-7-5-11(6-8-13)17-14-4-2-1-3-12(14)9-15(20-17)18(24)19-10-16(22)23/h1-9,21H,10H2,(H,22,23). The van der Waals surface area contributed by atoms with E-state index in [9.17, 15) is 14.7 Å². The summed E-state index contributed by atoms with van der Waals surface area (Å²) in [6.45, 7) is 0. The molecule has 1 radical (unpaired) electrons. The number of hydrogen-bond acceptors (Lipinski definition) is 4. The summed E-state index contributed by atoms with van der Waals surface area (Å²) in [7, 11) is 0. The second kappa shape index (κ2) is 6.85. The van der Waals surface area contributed by atoms with Crippen LogP contribution in [0.3, 0.4) is 0 Å². The van der Waals surface area contributed by atoms with Crippen LogP contribution >= 0.6 is 0 Å². The summed E-state index contributed by atoms with van der Waals surface area (Å²) < 4.78 is -0.209. The van der Waals surface area contributed by atoms with Gasteiger partial charge in [-0.25, -0.2) is 0 Å². The molecule has 0 bridgehead atoms. The Bertz CT molecular complexity index is 922.